The molecule has 3 heteroatoms. The maximum absolute atomic E-state index is 11.6. The van der Waals surface area contributed by atoms with Crippen LogP contribution in [-0.4, -0.2) is 25.1 Å². The molecule has 0 unspecified atom stereocenters. The predicted molar refractivity (Wildman–Crippen MR) is 59.9 cm³/mol. The van der Waals surface area contributed by atoms with Crippen LogP contribution in [0.5, 0.6) is 0 Å². The van der Waals surface area contributed by atoms with Gasteiger partial charge in [0.25, 0.3) is 5.91 Å². The first-order valence-electron chi connectivity index (χ1n) is 4.70. The Labute approximate surface area is 89.9 Å². The Morgan fingerprint density at radius 2 is 1.93 bits per heavy atom. The van der Waals surface area contributed by atoms with Crippen molar-refractivity contribution in [2.24, 2.45) is 0 Å². The number of nitrogens with zero attached hydrogens (tertiary/aromatic N) is 1. The van der Waals surface area contributed by atoms with Crippen molar-refractivity contribution in [3.63, 3.8) is 0 Å². The van der Waals surface area contributed by atoms with Crippen molar-refractivity contribution in [2.75, 3.05) is 14.2 Å². The van der Waals surface area contributed by atoms with Gasteiger partial charge < -0.3 is 0 Å². The van der Waals surface area contributed by atoms with E-state index >= 15 is 0 Å². The number of rotatable bonds is 3. The number of hydrogen-bond donors (Lipinski definition) is 0. The second-order valence-electron chi connectivity index (χ2n) is 3.22. The van der Waals surface area contributed by atoms with Gasteiger partial charge in [-0.1, -0.05) is 30.3 Å². The Morgan fingerprint density at radius 3 is 2.47 bits per heavy atom. The molecule has 0 aliphatic heterocycles. The van der Waals surface area contributed by atoms with Crippen LogP contribution >= 0.6 is 0 Å². The molecule has 3 nitrogen and oxygen atoms in total. The molecule has 80 valence electrons. The van der Waals surface area contributed by atoms with E-state index in [9.17, 15) is 4.79 Å². The molecule has 1 aromatic rings. The lowest BCUT2D eigenvalue weighted by molar-refractivity contribution is -0.163. The fraction of sp³-hybridized carbons (Fsp3) is 0.250. The maximum Gasteiger partial charge on any atom is 0.272 e. The van der Waals surface area contributed by atoms with Crippen molar-refractivity contribution in [1.29, 1.82) is 0 Å². The van der Waals surface area contributed by atoms with Crippen LogP contribution in [0.2, 0.25) is 0 Å². The number of carbonyl (C=O) groups is 1. The van der Waals surface area contributed by atoms with Crippen LogP contribution in [0.25, 0.3) is 6.08 Å². The molecule has 1 aromatic carbocycles. The molecule has 0 aliphatic rings. The maximum atomic E-state index is 11.6. The molecule has 0 saturated carbocycles. The zero-order chi connectivity index (χ0) is 11.3. The lowest BCUT2D eigenvalue weighted by atomic mass is 10.1. The molecule has 1 amide bonds. The highest BCUT2D eigenvalue weighted by Gasteiger charge is 2.09. The number of benzene rings is 1. The van der Waals surface area contributed by atoms with Gasteiger partial charge in [-0.05, 0) is 18.6 Å². The molecule has 0 atom stereocenters. The second-order valence-corrected chi connectivity index (χ2v) is 3.22. The van der Waals surface area contributed by atoms with Crippen molar-refractivity contribution in [3.05, 3.63) is 41.5 Å². The minimum absolute atomic E-state index is 0.138. The van der Waals surface area contributed by atoms with E-state index in [1.807, 2.05) is 36.4 Å². The van der Waals surface area contributed by atoms with E-state index in [4.69, 9.17) is 4.84 Å². The largest absolute Gasteiger partial charge is 0.274 e. The average molecular weight is 205 g/mol. The van der Waals surface area contributed by atoms with E-state index in [0.717, 1.165) is 5.56 Å². The zero-order valence-corrected chi connectivity index (χ0v) is 9.23. The highest BCUT2D eigenvalue weighted by molar-refractivity contribution is 5.96. The standard InChI is InChI=1S/C12H15NO2/c1-10(12(14)13(2)15-3)9-11-7-5-4-6-8-11/h4-9H,1-3H3/b10-9+. The molecule has 0 heterocycles. The SMILES string of the molecule is CON(C)C(=O)/C(C)=C/c1ccccc1. The summed E-state index contributed by atoms with van der Waals surface area (Å²) in [5.74, 6) is -0.138. The van der Waals surface area contributed by atoms with Gasteiger partial charge in [0, 0.05) is 12.6 Å². The van der Waals surface area contributed by atoms with Crippen LogP contribution in [0.4, 0.5) is 0 Å². The van der Waals surface area contributed by atoms with E-state index in [-0.39, 0.29) is 5.91 Å². The summed E-state index contributed by atoms with van der Waals surface area (Å²) in [5.41, 5.74) is 1.65. The third kappa shape index (κ3) is 3.22. The van der Waals surface area contributed by atoms with Gasteiger partial charge in [-0.2, -0.15) is 0 Å². The van der Waals surface area contributed by atoms with Crippen molar-refractivity contribution in [2.45, 2.75) is 6.92 Å². The van der Waals surface area contributed by atoms with Gasteiger partial charge in [-0.25, -0.2) is 5.06 Å². The Balaban J connectivity index is 2.81. The monoisotopic (exact) mass is 205 g/mol. The molecular formula is C12H15NO2. The first-order chi connectivity index (χ1) is 7.15. The Hall–Kier alpha value is -1.61. The summed E-state index contributed by atoms with van der Waals surface area (Å²) < 4.78 is 0. The normalized spacial score (nSPS) is 11.3. The summed E-state index contributed by atoms with van der Waals surface area (Å²) in [6.07, 6.45) is 1.83. The van der Waals surface area contributed by atoms with Crippen LogP contribution < -0.4 is 0 Å². The summed E-state index contributed by atoms with van der Waals surface area (Å²) in [4.78, 5) is 16.4. The first kappa shape index (κ1) is 11.5. The van der Waals surface area contributed by atoms with E-state index in [0.29, 0.717) is 5.57 Å². The third-order valence-corrected chi connectivity index (χ3v) is 2.08. The van der Waals surface area contributed by atoms with Gasteiger partial charge in [0.2, 0.25) is 0 Å². The number of carbonyl (C=O) groups excluding carboxylic acids is 1. The fourth-order valence-corrected chi connectivity index (χ4v) is 1.19. The predicted octanol–water partition coefficient (Wildman–Crippen LogP) is 2.11. The lowest BCUT2D eigenvalue weighted by Crippen LogP contribution is -2.25. The van der Waals surface area contributed by atoms with Crippen LogP contribution in [0.3, 0.4) is 0 Å². The van der Waals surface area contributed by atoms with Crippen molar-refractivity contribution in [3.8, 4) is 0 Å². The highest BCUT2D eigenvalue weighted by Crippen LogP contribution is 2.08. The Bertz CT molecular complexity index is 357. The Morgan fingerprint density at radius 1 is 1.33 bits per heavy atom. The van der Waals surface area contributed by atoms with Gasteiger partial charge in [0.15, 0.2) is 0 Å². The van der Waals surface area contributed by atoms with Crippen LogP contribution in [-0.2, 0) is 9.63 Å². The summed E-state index contributed by atoms with van der Waals surface area (Å²) >= 11 is 0. The quantitative estimate of drug-likeness (QED) is 0.558. The van der Waals surface area contributed by atoms with Crippen molar-refractivity contribution < 1.29 is 9.63 Å². The average Bonchev–Trinajstić information content (AvgIpc) is 2.28. The summed E-state index contributed by atoms with van der Waals surface area (Å²) in [7, 11) is 3.05. The summed E-state index contributed by atoms with van der Waals surface area (Å²) in [6.45, 7) is 1.77. The number of amides is 1. The minimum atomic E-state index is -0.138. The third-order valence-electron chi connectivity index (χ3n) is 2.08. The van der Waals surface area contributed by atoms with Gasteiger partial charge in [-0.3, -0.25) is 9.63 Å². The van der Waals surface area contributed by atoms with Gasteiger partial charge in [0.05, 0.1) is 7.11 Å². The zero-order valence-electron chi connectivity index (χ0n) is 9.23. The molecule has 0 spiro atoms. The molecule has 0 radical (unpaired) electrons. The fourth-order valence-electron chi connectivity index (χ4n) is 1.19. The number of hydrogen-bond acceptors (Lipinski definition) is 2. The molecule has 15 heavy (non-hydrogen) atoms. The van der Waals surface area contributed by atoms with E-state index < -0.39 is 0 Å². The minimum Gasteiger partial charge on any atom is -0.274 e. The lowest BCUT2D eigenvalue weighted by Gasteiger charge is -2.13. The second kappa shape index (κ2) is 5.32. The molecule has 1 rings (SSSR count). The van der Waals surface area contributed by atoms with Crippen LogP contribution in [0.15, 0.2) is 35.9 Å². The smallest absolute Gasteiger partial charge is 0.272 e. The van der Waals surface area contributed by atoms with Crippen molar-refractivity contribution >= 4 is 12.0 Å². The van der Waals surface area contributed by atoms with Gasteiger partial charge in [-0.15, -0.1) is 0 Å². The van der Waals surface area contributed by atoms with E-state index in [1.54, 1.807) is 14.0 Å². The molecule has 0 aliphatic carbocycles. The Kier molecular flexibility index (Phi) is 4.06. The van der Waals surface area contributed by atoms with Gasteiger partial charge >= 0.3 is 0 Å². The molecule has 0 bridgehead atoms. The molecular weight excluding hydrogens is 190 g/mol. The first-order valence-corrected chi connectivity index (χ1v) is 4.70. The molecule has 0 N–H and O–H groups in total. The topological polar surface area (TPSA) is 29.5 Å². The molecule has 0 fully saturated rings. The molecule has 0 saturated heterocycles. The molecule has 0 aromatic heterocycles. The summed E-state index contributed by atoms with van der Waals surface area (Å²) in [6, 6.07) is 9.70. The number of hydroxylamine groups is 2. The van der Waals surface area contributed by atoms with E-state index in [1.165, 1.54) is 12.2 Å². The van der Waals surface area contributed by atoms with Crippen LogP contribution in [0, 0.1) is 0 Å². The summed E-state index contributed by atoms with van der Waals surface area (Å²) in [5, 5.41) is 1.20. The van der Waals surface area contributed by atoms with Crippen molar-refractivity contribution in [1.82, 2.24) is 5.06 Å². The number of likely N-dealkylation sites (N-methyl/N-ethyl adjacent to an activating group) is 1. The van der Waals surface area contributed by atoms with Crippen LogP contribution in [0.1, 0.15) is 12.5 Å². The highest BCUT2D eigenvalue weighted by atomic mass is 16.7. The van der Waals surface area contributed by atoms with Gasteiger partial charge in [0.1, 0.15) is 0 Å². The van der Waals surface area contributed by atoms with E-state index in [2.05, 4.69) is 0 Å².